The Balaban J connectivity index is 2.13. The highest BCUT2D eigenvalue weighted by Gasteiger charge is 2.28. The second-order valence-corrected chi connectivity index (χ2v) is 5.39. The fourth-order valence-corrected chi connectivity index (χ4v) is 2.80. The van der Waals surface area contributed by atoms with E-state index in [1.807, 2.05) is 12.1 Å². The van der Waals surface area contributed by atoms with Crippen molar-refractivity contribution >= 4 is 11.9 Å². The maximum absolute atomic E-state index is 11.0. The summed E-state index contributed by atoms with van der Waals surface area (Å²) in [6.45, 7) is 0. The molecule has 0 aliphatic heterocycles. The number of carboxylic acid groups (broad SMARTS) is 2. The Morgan fingerprint density at radius 3 is 1.95 bits per heavy atom. The van der Waals surface area contributed by atoms with Gasteiger partial charge in [-0.15, -0.1) is 0 Å². The van der Waals surface area contributed by atoms with Crippen LogP contribution in [0.4, 0.5) is 0 Å². The Morgan fingerprint density at radius 1 is 1.00 bits per heavy atom. The van der Waals surface area contributed by atoms with Gasteiger partial charge in [0.15, 0.2) is 5.92 Å². The molecule has 1 aliphatic carbocycles. The van der Waals surface area contributed by atoms with Crippen molar-refractivity contribution in [2.24, 2.45) is 5.73 Å². The van der Waals surface area contributed by atoms with E-state index in [0.717, 1.165) is 31.2 Å². The average Bonchev–Trinajstić information content (AvgIpc) is 2.40. The molecule has 1 aliphatic rings. The van der Waals surface area contributed by atoms with Crippen molar-refractivity contribution in [1.29, 1.82) is 0 Å². The van der Waals surface area contributed by atoms with E-state index in [-0.39, 0.29) is 6.04 Å². The molecule has 0 heterocycles. The summed E-state index contributed by atoms with van der Waals surface area (Å²) < 4.78 is 0. The van der Waals surface area contributed by atoms with Crippen molar-refractivity contribution in [3.63, 3.8) is 0 Å². The maximum atomic E-state index is 11.0. The van der Waals surface area contributed by atoms with Crippen molar-refractivity contribution in [3.05, 3.63) is 35.4 Å². The average molecular weight is 277 g/mol. The van der Waals surface area contributed by atoms with E-state index in [0.29, 0.717) is 11.5 Å². The maximum Gasteiger partial charge on any atom is 0.322 e. The molecule has 0 unspecified atom stereocenters. The SMILES string of the molecule is NC1CCC(c2ccc(C(C(=O)O)C(=O)O)cc2)CC1. The van der Waals surface area contributed by atoms with Crippen molar-refractivity contribution < 1.29 is 19.8 Å². The predicted molar refractivity (Wildman–Crippen MR) is 73.6 cm³/mol. The van der Waals surface area contributed by atoms with Gasteiger partial charge in [0.05, 0.1) is 0 Å². The molecule has 0 radical (unpaired) electrons. The number of carbonyl (C=O) groups is 2. The number of carboxylic acids is 2. The first kappa shape index (κ1) is 14.5. The molecule has 0 spiro atoms. The highest BCUT2D eigenvalue weighted by Crippen LogP contribution is 2.32. The molecule has 2 rings (SSSR count). The highest BCUT2D eigenvalue weighted by atomic mass is 16.4. The minimum Gasteiger partial charge on any atom is -0.480 e. The van der Waals surface area contributed by atoms with E-state index >= 15 is 0 Å². The van der Waals surface area contributed by atoms with Gasteiger partial charge >= 0.3 is 11.9 Å². The van der Waals surface area contributed by atoms with E-state index in [1.165, 1.54) is 0 Å². The first-order valence-corrected chi connectivity index (χ1v) is 6.80. The lowest BCUT2D eigenvalue weighted by molar-refractivity contribution is -0.150. The first-order valence-electron chi connectivity index (χ1n) is 6.80. The zero-order chi connectivity index (χ0) is 14.7. The van der Waals surface area contributed by atoms with Crippen molar-refractivity contribution in [3.8, 4) is 0 Å². The molecule has 0 amide bonds. The normalized spacial score (nSPS) is 22.7. The number of aliphatic carboxylic acids is 2. The molecule has 1 aromatic carbocycles. The molecule has 1 fully saturated rings. The third-order valence-electron chi connectivity index (χ3n) is 4.01. The monoisotopic (exact) mass is 277 g/mol. The lowest BCUT2D eigenvalue weighted by Gasteiger charge is -2.26. The Morgan fingerprint density at radius 2 is 1.50 bits per heavy atom. The van der Waals surface area contributed by atoms with E-state index in [4.69, 9.17) is 15.9 Å². The summed E-state index contributed by atoms with van der Waals surface area (Å²) >= 11 is 0. The lowest BCUT2D eigenvalue weighted by atomic mass is 9.81. The second-order valence-electron chi connectivity index (χ2n) is 5.39. The molecular weight excluding hydrogens is 258 g/mol. The lowest BCUT2D eigenvalue weighted by Crippen LogP contribution is -2.25. The number of benzene rings is 1. The quantitative estimate of drug-likeness (QED) is 0.730. The van der Waals surface area contributed by atoms with Gasteiger partial charge in [-0.2, -0.15) is 0 Å². The molecule has 1 saturated carbocycles. The van der Waals surface area contributed by atoms with Crippen LogP contribution >= 0.6 is 0 Å². The summed E-state index contributed by atoms with van der Waals surface area (Å²) in [4.78, 5) is 21.9. The third kappa shape index (κ3) is 3.17. The molecule has 5 heteroatoms. The van der Waals surface area contributed by atoms with Gasteiger partial charge in [-0.05, 0) is 42.7 Å². The molecule has 1 aromatic rings. The Bertz CT molecular complexity index is 475. The molecule has 4 N–H and O–H groups in total. The zero-order valence-corrected chi connectivity index (χ0v) is 11.2. The fraction of sp³-hybridized carbons (Fsp3) is 0.467. The van der Waals surface area contributed by atoms with Gasteiger partial charge in [-0.25, -0.2) is 0 Å². The van der Waals surface area contributed by atoms with Crippen LogP contribution in [-0.4, -0.2) is 28.2 Å². The Labute approximate surface area is 117 Å². The molecule has 0 atom stereocenters. The second kappa shape index (κ2) is 6.05. The first-order chi connectivity index (χ1) is 9.49. The summed E-state index contributed by atoms with van der Waals surface area (Å²) in [7, 11) is 0. The van der Waals surface area contributed by atoms with Crippen LogP contribution in [0.2, 0.25) is 0 Å². The predicted octanol–water partition coefficient (Wildman–Crippen LogP) is 1.92. The van der Waals surface area contributed by atoms with Gasteiger partial charge in [0.1, 0.15) is 0 Å². The molecule has 0 bridgehead atoms. The number of hydrogen-bond donors (Lipinski definition) is 3. The third-order valence-corrected chi connectivity index (χ3v) is 4.01. The molecule has 108 valence electrons. The van der Waals surface area contributed by atoms with Crippen LogP contribution in [-0.2, 0) is 9.59 Å². The van der Waals surface area contributed by atoms with E-state index < -0.39 is 17.9 Å². The number of nitrogens with two attached hydrogens (primary N) is 1. The standard InChI is InChI=1S/C15H19NO4/c16-12-7-5-10(6-8-12)9-1-3-11(4-2-9)13(14(17)18)15(19)20/h1-4,10,12-13H,5-8,16H2,(H,17,18)(H,19,20). The fourth-order valence-electron chi connectivity index (χ4n) is 2.80. The molecule has 0 aromatic heterocycles. The van der Waals surface area contributed by atoms with E-state index in [9.17, 15) is 9.59 Å². The van der Waals surface area contributed by atoms with Gasteiger partial charge < -0.3 is 15.9 Å². The highest BCUT2D eigenvalue weighted by molar-refractivity contribution is 5.98. The van der Waals surface area contributed by atoms with E-state index in [1.54, 1.807) is 12.1 Å². The van der Waals surface area contributed by atoms with Crippen LogP contribution in [0, 0.1) is 0 Å². The largest absolute Gasteiger partial charge is 0.480 e. The molecule has 5 nitrogen and oxygen atoms in total. The molecule has 0 saturated heterocycles. The zero-order valence-electron chi connectivity index (χ0n) is 11.2. The van der Waals surface area contributed by atoms with Gasteiger partial charge in [-0.3, -0.25) is 9.59 Å². The minimum atomic E-state index is -1.50. The van der Waals surface area contributed by atoms with Crippen molar-refractivity contribution in [1.82, 2.24) is 0 Å². The Hall–Kier alpha value is -1.88. The van der Waals surface area contributed by atoms with Gasteiger partial charge in [0.2, 0.25) is 0 Å². The molecule has 20 heavy (non-hydrogen) atoms. The van der Waals surface area contributed by atoms with Crippen molar-refractivity contribution in [2.75, 3.05) is 0 Å². The smallest absolute Gasteiger partial charge is 0.322 e. The van der Waals surface area contributed by atoms with Gasteiger partial charge in [0, 0.05) is 6.04 Å². The summed E-state index contributed by atoms with van der Waals surface area (Å²) in [5.41, 5.74) is 7.32. The van der Waals surface area contributed by atoms with Crippen molar-refractivity contribution in [2.45, 2.75) is 43.6 Å². The van der Waals surface area contributed by atoms with Gasteiger partial charge in [0.25, 0.3) is 0 Å². The van der Waals surface area contributed by atoms with Crippen LogP contribution in [0.15, 0.2) is 24.3 Å². The van der Waals surface area contributed by atoms with Crippen LogP contribution in [0.5, 0.6) is 0 Å². The summed E-state index contributed by atoms with van der Waals surface area (Å²) in [5, 5.41) is 17.9. The van der Waals surface area contributed by atoms with Crippen LogP contribution in [0.1, 0.15) is 48.6 Å². The van der Waals surface area contributed by atoms with Crippen LogP contribution < -0.4 is 5.73 Å². The van der Waals surface area contributed by atoms with Gasteiger partial charge in [-0.1, -0.05) is 24.3 Å². The number of rotatable bonds is 4. The van der Waals surface area contributed by atoms with Crippen LogP contribution in [0.25, 0.3) is 0 Å². The number of hydrogen-bond acceptors (Lipinski definition) is 3. The summed E-state index contributed by atoms with van der Waals surface area (Å²) in [6.07, 6.45) is 4.06. The topological polar surface area (TPSA) is 101 Å². The Kier molecular flexibility index (Phi) is 4.39. The van der Waals surface area contributed by atoms with Crippen LogP contribution in [0.3, 0.4) is 0 Å². The van der Waals surface area contributed by atoms with E-state index in [2.05, 4.69) is 0 Å². The minimum absolute atomic E-state index is 0.286. The summed E-state index contributed by atoms with van der Waals surface area (Å²) in [6, 6.07) is 7.19. The summed E-state index contributed by atoms with van der Waals surface area (Å²) in [5.74, 6) is -3.73. The molecular formula is C15H19NO4.